The van der Waals surface area contributed by atoms with Crippen LogP contribution in [-0.2, 0) is 0 Å². The Hall–Kier alpha value is -0.800. The monoisotopic (exact) mass is 143 g/mol. The number of hydrogen-bond donors (Lipinski definition) is 3. The predicted octanol–water partition coefficient (Wildman–Crippen LogP) is -0.242. The highest BCUT2D eigenvalue weighted by Crippen LogP contribution is 1.94. The van der Waals surface area contributed by atoms with Gasteiger partial charge in [0.1, 0.15) is 0 Å². The van der Waals surface area contributed by atoms with Crippen LogP contribution >= 0.6 is 0 Å². The number of nitrogens with two attached hydrogens (primary N) is 1. The summed E-state index contributed by atoms with van der Waals surface area (Å²) in [6.07, 6.45) is 2.77. The van der Waals surface area contributed by atoms with Gasteiger partial charge in [-0.2, -0.15) is 0 Å². The molecule has 0 aliphatic rings. The van der Waals surface area contributed by atoms with Crippen LogP contribution in [0.1, 0.15) is 6.42 Å². The van der Waals surface area contributed by atoms with Gasteiger partial charge in [0.05, 0.1) is 12.7 Å². The van der Waals surface area contributed by atoms with Gasteiger partial charge in [0.2, 0.25) is 0 Å². The molecule has 0 saturated heterocycles. The molecule has 3 heteroatoms. The molecule has 0 aliphatic heterocycles. The summed E-state index contributed by atoms with van der Waals surface area (Å²) < 4.78 is 0. The van der Waals surface area contributed by atoms with Crippen LogP contribution in [0.25, 0.3) is 0 Å². The average molecular weight is 143 g/mol. The molecule has 1 atom stereocenters. The molecule has 0 aliphatic carbocycles. The second-order valence-electron chi connectivity index (χ2n) is 1.98. The van der Waals surface area contributed by atoms with Crippen LogP contribution in [0.5, 0.6) is 0 Å². The van der Waals surface area contributed by atoms with Crippen molar-refractivity contribution in [2.24, 2.45) is 5.73 Å². The SMILES string of the molecule is C=C/C(N)=C\CC(O)CO. The van der Waals surface area contributed by atoms with Crippen LogP contribution in [0.4, 0.5) is 0 Å². The highest BCUT2D eigenvalue weighted by atomic mass is 16.3. The summed E-state index contributed by atoms with van der Waals surface area (Å²) in [7, 11) is 0. The van der Waals surface area contributed by atoms with Crippen LogP contribution in [0, 0.1) is 0 Å². The van der Waals surface area contributed by atoms with E-state index < -0.39 is 6.10 Å². The minimum atomic E-state index is -0.710. The topological polar surface area (TPSA) is 66.5 Å². The number of rotatable bonds is 4. The molecule has 0 aromatic rings. The number of aliphatic hydroxyl groups excluding tert-OH is 2. The molecule has 10 heavy (non-hydrogen) atoms. The fourth-order valence-electron chi connectivity index (χ4n) is 0.430. The molecule has 0 rings (SSSR count). The van der Waals surface area contributed by atoms with Gasteiger partial charge >= 0.3 is 0 Å². The summed E-state index contributed by atoms with van der Waals surface area (Å²) >= 11 is 0. The highest BCUT2D eigenvalue weighted by molar-refractivity contribution is 5.11. The first-order valence-corrected chi connectivity index (χ1v) is 3.07. The van der Waals surface area contributed by atoms with E-state index in [0.717, 1.165) is 0 Å². The second kappa shape index (κ2) is 5.02. The molecule has 0 radical (unpaired) electrons. The van der Waals surface area contributed by atoms with Crippen molar-refractivity contribution in [2.45, 2.75) is 12.5 Å². The van der Waals surface area contributed by atoms with Crippen molar-refractivity contribution >= 4 is 0 Å². The fraction of sp³-hybridized carbons (Fsp3) is 0.429. The molecule has 3 nitrogen and oxygen atoms in total. The maximum atomic E-state index is 8.82. The predicted molar refractivity (Wildman–Crippen MR) is 40.2 cm³/mol. The molecule has 0 amide bonds. The van der Waals surface area contributed by atoms with Gasteiger partial charge in [-0.1, -0.05) is 12.7 Å². The molecule has 58 valence electrons. The first-order chi connectivity index (χ1) is 4.70. The average Bonchev–Trinajstić information content (AvgIpc) is 1.99. The van der Waals surface area contributed by atoms with Crippen molar-refractivity contribution in [3.63, 3.8) is 0 Å². The van der Waals surface area contributed by atoms with Crippen molar-refractivity contribution in [3.8, 4) is 0 Å². The highest BCUT2D eigenvalue weighted by Gasteiger charge is 1.97. The first kappa shape index (κ1) is 9.20. The van der Waals surface area contributed by atoms with Crippen LogP contribution < -0.4 is 5.73 Å². The van der Waals surface area contributed by atoms with Gasteiger partial charge in [-0.3, -0.25) is 0 Å². The van der Waals surface area contributed by atoms with Gasteiger partial charge in [0.25, 0.3) is 0 Å². The maximum Gasteiger partial charge on any atom is 0.0806 e. The van der Waals surface area contributed by atoms with E-state index in [4.69, 9.17) is 15.9 Å². The molecular formula is C7H13NO2. The standard InChI is InChI=1S/C7H13NO2/c1-2-6(8)3-4-7(10)5-9/h2-3,7,9-10H,1,4-5,8H2/b6-3+. The Balaban J connectivity index is 3.60. The van der Waals surface area contributed by atoms with Gasteiger partial charge in [0, 0.05) is 5.70 Å². The smallest absolute Gasteiger partial charge is 0.0806 e. The van der Waals surface area contributed by atoms with E-state index in [0.29, 0.717) is 12.1 Å². The minimum absolute atomic E-state index is 0.235. The second-order valence-corrected chi connectivity index (χ2v) is 1.98. The molecule has 0 saturated carbocycles. The van der Waals surface area contributed by atoms with Crippen LogP contribution in [0.15, 0.2) is 24.4 Å². The third-order valence-corrected chi connectivity index (χ3v) is 1.07. The summed E-state index contributed by atoms with van der Waals surface area (Å²) in [6, 6.07) is 0. The molecule has 0 aromatic carbocycles. The number of allylic oxidation sites excluding steroid dienone is 1. The van der Waals surface area contributed by atoms with Crippen molar-refractivity contribution in [3.05, 3.63) is 24.4 Å². The quantitative estimate of drug-likeness (QED) is 0.476. The lowest BCUT2D eigenvalue weighted by atomic mass is 10.2. The van der Waals surface area contributed by atoms with E-state index in [-0.39, 0.29) is 6.61 Å². The summed E-state index contributed by atoms with van der Waals surface area (Å²) in [6.45, 7) is 3.19. The molecule has 0 aromatic heterocycles. The summed E-state index contributed by atoms with van der Waals surface area (Å²) in [5.41, 5.74) is 5.85. The Morgan fingerprint density at radius 3 is 2.70 bits per heavy atom. The summed E-state index contributed by atoms with van der Waals surface area (Å²) in [5, 5.41) is 17.2. The van der Waals surface area contributed by atoms with Gasteiger partial charge in [0.15, 0.2) is 0 Å². The van der Waals surface area contributed by atoms with Crippen molar-refractivity contribution in [1.82, 2.24) is 0 Å². The van der Waals surface area contributed by atoms with E-state index in [1.54, 1.807) is 6.08 Å². The number of hydrogen-bond acceptors (Lipinski definition) is 3. The molecule has 1 unspecified atom stereocenters. The van der Waals surface area contributed by atoms with Crippen LogP contribution in [-0.4, -0.2) is 22.9 Å². The molecule has 4 N–H and O–H groups in total. The number of aliphatic hydroxyl groups is 2. The largest absolute Gasteiger partial charge is 0.399 e. The normalized spacial score (nSPS) is 14.8. The Morgan fingerprint density at radius 2 is 2.30 bits per heavy atom. The van der Waals surface area contributed by atoms with Gasteiger partial charge < -0.3 is 15.9 Å². The van der Waals surface area contributed by atoms with Crippen molar-refractivity contribution in [1.29, 1.82) is 0 Å². The lowest BCUT2D eigenvalue weighted by molar-refractivity contribution is 0.0975. The van der Waals surface area contributed by atoms with E-state index in [9.17, 15) is 0 Å². The Bertz CT molecular complexity index is 132. The van der Waals surface area contributed by atoms with E-state index in [2.05, 4.69) is 6.58 Å². The molecule has 0 spiro atoms. The van der Waals surface area contributed by atoms with Gasteiger partial charge in [-0.15, -0.1) is 0 Å². The lowest BCUT2D eigenvalue weighted by Crippen LogP contribution is -2.10. The van der Waals surface area contributed by atoms with Gasteiger partial charge in [-0.05, 0) is 12.5 Å². The Labute approximate surface area is 60.5 Å². The minimum Gasteiger partial charge on any atom is -0.399 e. The van der Waals surface area contributed by atoms with Crippen molar-refractivity contribution in [2.75, 3.05) is 6.61 Å². The fourth-order valence-corrected chi connectivity index (χ4v) is 0.430. The molecular weight excluding hydrogens is 130 g/mol. The summed E-state index contributed by atoms with van der Waals surface area (Å²) in [4.78, 5) is 0. The van der Waals surface area contributed by atoms with Crippen molar-refractivity contribution < 1.29 is 10.2 Å². The van der Waals surface area contributed by atoms with Crippen LogP contribution in [0.2, 0.25) is 0 Å². The third kappa shape index (κ3) is 4.12. The Morgan fingerprint density at radius 1 is 1.70 bits per heavy atom. The lowest BCUT2D eigenvalue weighted by Gasteiger charge is -2.01. The third-order valence-electron chi connectivity index (χ3n) is 1.07. The molecule has 0 bridgehead atoms. The van der Waals surface area contributed by atoms with E-state index in [1.165, 1.54) is 6.08 Å². The van der Waals surface area contributed by atoms with E-state index in [1.807, 2.05) is 0 Å². The maximum absolute atomic E-state index is 8.82. The van der Waals surface area contributed by atoms with Crippen LogP contribution in [0.3, 0.4) is 0 Å². The zero-order valence-electron chi connectivity index (χ0n) is 5.83. The van der Waals surface area contributed by atoms with Gasteiger partial charge in [-0.25, -0.2) is 0 Å². The zero-order valence-corrected chi connectivity index (χ0v) is 5.83. The molecule has 0 heterocycles. The first-order valence-electron chi connectivity index (χ1n) is 3.07. The zero-order chi connectivity index (χ0) is 7.98. The molecule has 0 fully saturated rings. The summed E-state index contributed by atoms with van der Waals surface area (Å²) in [5.74, 6) is 0. The Kier molecular flexibility index (Phi) is 4.62. The van der Waals surface area contributed by atoms with E-state index >= 15 is 0 Å².